The molecule has 1 heterocycles. The molecule has 0 saturated heterocycles. The first-order valence-corrected chi connectivity index (χ1v) is 11.7. The third-order valence-electron chi connectivity index (χ3n) is 4.58. The highest BCUT2D eigenvalue weighted by Gasteiger charge is 2.18. The predicted molar refractivity (Wildman–Crippen MR) is 138 cm³/mol. The maximum atomic E-state index is 13.9. The maximum Gasteiger partial charge on any atom is 0.227 e. The molecule has 0 aliphatic rings. The standard InChI is InChI=1S/C22H20Cl3FN4O4S/c1-32-16-7-17(33-2)20(25)13(19(16)24)10-34-12-8-27-22(28-9-12)30-21-14(23)5-11(26)6-15(21)29-18(31)3-4-35/h5-9,35H,3-4,10H2,1-2H3,(H,29,31)(H,27,28,30). The van der Waals surface area contributed by atoms with Gasteiger partial charge in [-0.25, -0.2) is 14.4 Å². The van der Waals surface area contributed by atoms with Gasteiger partial charge < -0.3 is 24.8 Å². The van der Waals surface area contributed by atoms with Crippen LogP contribution in [0.5, 0.6) is 17.2 Å². The van der Waals surface area contributed by atoms with Gasteiger partial charge in [-0.3, -0.25) is 4.79 Å². The number of benzene rings is 2. The molecule has 3 rings (SSSR count). The number of halogens is 4. The lowest BCUT2D eigenvalue weighted by Gasteiger charge is -2.15. The molecule has 1 amide bonds. The Morgan fingerprint density at radius 3 is 2.26 bits per heavy atom. The van der Waals surface area contributed by atoms with Crippen molar-refractivity contribution in [1.82, 2.24) is 9.97 Å². The molecule has 0 unspecified atom stereocenters. The number of anilines is 3. The van der Waals surface area contributed by atoms with Crippen LogP contribution in [0.15, 0.2) is 30.6 Å². The van der Waals surface area contributed by atoms with Gasteiger partial charge in [-0.15, -0.1) is 0 Å². The minimum Gasteiger partial charge on any atom is -0.495 e. The van der Waals surface area contributed by atoms with Crippen molar-refractivity contribution in [3.8, 4) is 17.2 Å². The highest BCUT2D eigenvalue weighted by Crippen LogP contribution is 2.41. The summed E-state index contributed by atoms with van der Waals surface area (Å²) in [5, 5.41) is 6.08. The quantitative estimate of drug-likeness (QED) is 0.255. The van der Waals surface area contributed by atoms with E-state index < -0.39 is 5.82 Å². The molecular weight excluding hydrogens is 542 g/mol. The highest BCUT2D eigenvalue weighted by molar-refractivity contribution is 7.80. The monoisotopic (exact) mass is 560 g/mol. The van der Waals surface area contributed by atoms with E-state index in [1.54, 1.807) is 6.07 Å². The van der Waals surface area contributed by atoms with Crippen LogP contribution in [-0.4, -0.2) is 35.8 Å². The van der Waals surface area contributed by atoms with Crippen LogP contribution < -0.4 is 24.8 Å². The molecule has 3 aromatic rings. The molecule has 1 aromatic heterocycles. The second-order valence-electron chi connectivity index (χ2n) is 6.88. The van der Waals surface area contributed by atoms with E-state index in [0.29, 0.717) is 28.6 Å². The average molecular weight is 562 g/mol. The number of hydrogen-bond acceptors (Lipinski definition) is 8. The molecule has 0 bridgehead atoms. The summed E-state index contributed by atoms with van der Waals surface area (Å²) in [6.45, 7) is -0.00747. The molecule has 0 spiro atoms. The van der Waals surface area contributed by atoms with E-state index in [4.69, 9.17) is 49.0 Å². The molecule has 8 nitrogen and oxygen atoms in total. The van der Waals surface area contributed by atoms with E-state index in [2.05, 4.69) is 33.2 Å². The number of amides is 1. The van der Waals surface area contributed by atoms with Crippen molar-refractivity contribution in [2.45, 2.75) is 13.0 Å². The fourth-order valence-electron chi connectivity index (χ4n) is 2.90. The van der Waals surface area contributed by atoms with Crippen LogP contribution in [0.1, 0.15) is 12.0 Å². The number of carbonyl (C=O) groups excluding carboxylic acids is 1. The Bertz CT molecular complexity index is 1190. The van der Waals surface area contributed by atoms with Crippen molar-refractivity contribution in [3.63, 3.8) is 0 Å². The van der Waals surface area contributed by atoms with Crippen molar-refractivity contribution < 1.29 is 23.4 Å². The summed E-state index contributed by atoms with van der Waals surface area (Å²) in [5.74, 6) is 0.596. The zero-order valence-electron chi connectivity index (χ0n) is 18.5. The normalized spacial score (nSPS) is 10.6. The molecule has 0 aliphatic carbocycles. The number of rotatable bonds is 10. The van der Waals surface area contributed by atoms with Gasteiger partial charge in [0.15, 0.2) is 5.75 Å². The summed E-state index contributed by atoms with van der Waals surface area (Å²) in [7, 11) is 2.95. The number of carbonyl (C=O) groups is 1. The van der Waals surface area contributed by atoms with Crippen molar-refractivity contribution in [1.29, 1.82) is 0 Å². The summed E-state index contributed by atoms with van der Waals surface area (Å²) in [4.78, 5) is 20.3. The lowest BCUT2D eigenvalue weighted by Crippen LogP contribution is -2.13. The number of thiol groups is 1. The summed E-state index contributed by atoms with van der Waals surface area (Å²) in [5.41, 5.74) is 0.838. The summed E-state index contributed by atoms with van der Waals surface area (Å²) >= 11 is 22.9. The van der Waals surface area contributed by atoms with E-state index in [9.17, 15) is 9.18 Å². The van der Waals surface area contributed by atoms with Gasteiger partial charge in [0.25, 0.3) is 0 Å². The van der Waals surface area contributed by atoms with Crippen molar-refractivity contribution in [2.24, 2.45) is 0 Å². The fraction of sp³-hybridized carbons (Fsp3) is 0.227. The fourth-order valence-corrected chi connectivity index (χ4v) is 3.97. The van der Waals surface area contributed by atoms with Gasteiger partial charge in [0.1, 0.15) is 23.9 Å². The number of hydrogen-bond donors (Lipinski definition) is 3. The second-order valence-corrected chi connectivity index (χ2v) is 8.49. The van der Waals surface area contributed by atoms with E-state index in [0.717, 1.165) is 12.1 Å². The van der Waals surface area contributed by atoms with Gasteiger partial charge in [-0.2, -0.15) is 12.6 Å². The number of nitrogens with zero attached hydrogens (tertiary/aromatic N) is 2. The maximum absolute atomic E-state index is 13.9. The highest BCUT2D eigenvalue weighted by atomic mass is 35.5. The Kier molecular flexibility index (Phi) is 9.50. The Morgan fingerprint density at radius 1 is 1.06 bits per heavy atom. The van der Waals surface area contributed by atoms with Crippen LogP contribution in [0.3, 0.4) is 0 Å². The Labute approximate surface area is 221 Å². The van der Waals surface area contributed by atoms with Gasteiger partial charge >= 0.3 is 0 Å². The zero-order chi connectivity index (χ0) is 25.5. The molecule has 0 fully saturated rings. The molecule has 2 aromatic carbocycles. The van der Waals surface area contributed by atoms with Crippen LogP contribution >= 0.6 is 47.4 Å². The van der Waals surface area contributed by atoms with Crippen molar-refractivity contribution >= 4 is 70.7 Å². The van der Waals surface area contributed by atoms with Crippen LogP contribution in [-0.2, 0) is 11.4 Å². The summed E-state index contributed by atoms with van der Waals surface area (Å²) in [6.07, 6.45) is 2.96. The van der Waals surface area contributed by atoms with Gasteiger partial charge in [0, 0.05) is 18.1 Å². The smallest absolute Gasteiger partial charge is 0.227 e. The van der Waals surface area contributed by atoms with E-state index in [1.807, 2.05) is 0 Å². The first kappa shape index (κ1) is 26.9. The van der Waals surface area contributed by atoms with Crippen LogP contribution in [0.2, 0.25) is 15.1 Å². The number of aromatic nitrogens is 2. The third kappa shape index (κ3) is 6.72. The number of methoxy groups -OCH3 is 2. The molecule has 186 valence electrons. The molecule has 35 heavy (non-hydrogen) atoms. The molecule has 13 heteroatoms. The summed E-state index contributed by atoms with van der Waals surface area (Å²) < 4.78 is 30.1. The van der Waals surface area contributed by atoms with E-state index in [-0.39, 0.29) is 51.3 Å². The summed E-state index contributed by atoms with van der Waals surface area (Å²) in [6, 6.07) is 3.82. The van der Waals surface area contributed by atoms with E-state index >= 15 is 0 Å². The predicted octanol–water partition coefficient (Wildman–Crippen LogP) is 6.17. The minimum absolute atomic E-state index is 0.00747. The van der Waals surface area contributed by atoms with Crippen molar-refractivity contribution in [2.75, 3.05) is 30.6 Å². The van der Waals surface area contributed by atoms with Gasteiger partial charge in [0.2, 0.25) is 11.9 Å². The first-order valence-electron chi connectivity index (χ1n) is 9.97. The Hall–Kier alpha value is -2.66. The zero-order valence-corrected chi connectivity index (χ0v) is 21.7. The van der Waals surface area contributed by atoms with Crippen LogP contribution in [0.4, 0.5) is 21.7 Å². The molecule has 0 atom stereocenters. The Balaban J connectivity index is 1.76. The SMILES string of the molecule is COc1cc(OC)c(Cl)c(COc2cnc(Nc3c(Cl)cc(F)cc3NC(=O)CCS)nc2)c1Cl. The average Bonchev–Trinajstić information content (AvgIpc) is 2.82. The Morgan fingerprint density at radius 2 is 1.69 bits per heavy atom. The molecule has 2 N–H and O–H groups in total. The molecular formula is C22H20Cl3FN4O4S. The van der Waals surface area contributed by atoms with Crippen LogP contribution in [0.25, 0.3) is 0 Å². The number of ether oxygens (including phenoxy) is 3. The van der Waals surface area contributed by atoms with Gasteiger partial charge in [-0.1, -0.05) is 34.8 Å². The first-order chi connectivity index (χ1) is 16.8. The van der Waals surface area contributed by atoms with Gasteiger partial charge in [-0.05, 0) is 17.9 Å². The minimum atomic E-state index is -0.613. The topological polar surface area (TPSA) is 94.6 Å². The lowest BCUT2D eigenvalue weighted by molar-refractivity contribution is -0.115. The van der Waals surface area contributed by atoms with E-state index in [1.165, 1.54) is 26.6 Å². The van der Waals surface area contributed by atoms with Crippen molar-refractivity contribution in [3.05, 3.63) is 57.0 Å². The second kappa shape index (κ2) is 12.3. The molecule has 0 saturated carbocycles. The molecule has 0 aliphatic heterocycles. The lowest BCUT2D eigenvalue weighted by atomic mass is 10.2. The molecule has 0 radical (unpaired) electrons. The van der Waals surface area contributed by atoms with Gasteiger partial charge in [0.05, 0.1) is 53.1 Å². The largest absolute Gasteiger partial charge is 0.495 e. The number of nitrogens with one attached hydrogen (secondary N) is 2. The van der Waals surface area contributed by atoms with Crippen LogP contribution in [0, 0.1) is 5.82 Å². The third-order valence-corrected chi connectivity index (χ3v) is 5.93.